The van der Waals surface area contributed by atoms with E-state index in [1.54, 1.807) is 23.6 Å². The molecule has 0 radical (unpaired) electrons. The number of nitrogens with one attached hydrogen (secondary N) is 3. The van der Waals surface area contributed by atoms with Crippen LogP contribution in [-0.4, -0.2) is 75.7 Å². The number of aromatic nitrogens is 2. The lowest BCUT2D eigenvalue weighted by Gasteiger charge is -2.56. The number of thioether (sulfide) groups is 2. The number of hydrogen-bond acceptors (Lipinski definition) is 10. The number of carbonyl (C=O) groups is 4. The standard InChI is InChI=1S/C21H22N6O7S3/c1-22-20(32)23-14(12-5-4-8-35-12)16(28)24-21(34-2)18(31)27-15(17(29)30)11(10-37-19(21)27)9-36-13-6-3-7-26(33)25-13/h3-8,14,19H,9-10H2,1-2H3,(H,24,28)(H,29,30)(H2,22,23,32)/t14?,19?,21-/m1/s1. The lowest BCUT2D eigenvalue weighted by molar-refractivity contribution is -0.672. The fraction of sp³-hybridized carbons (Fsp3) is 0.333. The van der Waals surface area contributed by atoms with Crippen molar-refractivity contribution in [3.05, 3.63) is 57.2 Å². The predicted molar refractivity (Wildman–Crippen MR) is 134 cm³/mol. The zero-order chi connectivity index (χ0) is 26.7. The van der Waals surface area contributed by atoms with Gasteiger partial charge in [-0.15, -0.1) is 23.1 Å². The molecule has 196 valence electrons. The molecule has 4 N–H and O–H groups in total. The number of ether oxygens (including phenoxy) is 1. The molecule has 2 aliphatic rings. The van der Waals surface area contributed by atoms with Crippen LogP contribution in [0.5, 0.6) is 0 Å². The van der Waals surface area contributed by atoms with Crippen molar-refractivity contribution in [1.82, 2.24) is 25.9 Å². The number of nitrogens with zero attached hydrogens (tertiary/aromatic N) is 3. The van der Waals surface area contributed by atoms with Gasteiger partial charge in [0.25, 0.3) is 17.5 Å². The van der Waals surface area contributed by atoms with Gasteiger partial charge in [-0.1, -0.05) is 22.7 Å². The third-order valence-corrected chi connectivity index (χ3v) is 8.90. The second-order valence-corrected chi connectivity index (χ2v) is 10.8. The van der Waals surface area contributed by atoms with E-state index in [9.17, 15) is 29.5 Å². The van der Waals surface area contributed by atoms with Crippen LogP contribution in [0.3, 0.4) is 0 Å². The fourth-order valence-corrected chi connectivity index (χ4v) is 7.05. The van der Waals surface area contributed by atoms with Crippen LogP contribution in [0.15, 0.2) is 52.1 Å². The molecule has 4 heterocycles. The van der Waals surface area contributed by atoms with Gasteiger partial charge in [-0.05, 0) is 23.1 Å². The van der Waals surface area contributed by atoms with Gasteiger partial charge in [0.2, 0.25) is 6.20 Å². The summed E-state index contributed by atoms with van der Waals surface area (Å²) < 4.78 is 5.49. The summed E-state index contributed by atoms with van der Waals surface area (Å²) in [6.07, 6.45) is 1.23. The van der Waals surface area contributed by atoms with E-state index in [0.29, 0.717) is 20.3 Å². The molecule has 0 aromatic carbocycles. The minimum atomic E-state index is -1.82. The van der Waals surface area contributed by atoms with Gasteiger partial charge in [0, 0.05) is 41.7 Å². The molecular formula is C21H22N6O7S3. The van der Waals surface area contributed by atoms with E-state index >= 15 is 0 Å². The van der Waals surface area contributed by atoms with Crippen molar-refractivity contribution in [2.45, 2.75) is 22.2 Å². The Hall–Kier alpha value is -3.34. The number of thiophene rings is 1. The number of methoxy groups -OCH3 is 1. The third kappa shape index (κ3) is 5.09. The van der Waals surface area contributed by atoms with Crippen LogP contribution in [0.4, 0.5) is 4.79 Å². The van der Waals surface area contributed by atoms with Crippen LogP contribution in [0.2, 0.25) is 0 Å². The first-order valence-electron chi connectivity index (χ1n) is 10.7. The molecule has 2 aliphatic heterocycles. The number of amides is 4. The number of carbonyl (C=O) groups excluding carboxylic acids is 3. The van der Waals surface area contributed by atoms with E-state index in [4.69, 9.17) is 4.74 Å². The fourth-order valence-electron chi connectivity index (χ4n) is 3.83. The number of hydrogen-bond donors (Lipinski definition) is 4. The van der Waals surface area contributed by atoms with Gasteiger partial charge in [-0.25, -0.2) is 9.59 Å². The smallest absolute Gasteiger partial charge is 0.352 e. The predicted octanol–water partition coefficient (Wildman–Crippen LogP) is 0.252. The van der Waals surface area contributed by atoms with Gasteiger partial charge in [0.1, 0.15) is 17.1 Å². The molecule has 4 amide bonds. The van der Waals surface area contributed by atoms with E-state index in [1.807, 2.05) is 0 Å². The highest BCUT2D eigenvalue weighted by Crippen LogP contribution is 2.47. The van der Waals surface area contributed by atoms with Crippen LogP contribution in [-0.2, 0) is 19.1 Å². The number of urea groups is 1. The summed E-state index contributed by atoms with van der Waals surface area (Å²) in [6.45, 7) is 0. The Kier molecular flexibility index (Phi) is 7.91. The Balaban J connectivity index is 1.56. The van der Waals surface area contributed by atoms with Crippen molar-refractivity contribution in [2.75, 3.05) is 25.7 Å². The molecule has 2 aromatic heterocycles. The normalized spacial score (nSPS) is 21.5. The Morgan fingerprint density at radius 2 is 2.19 bits per heavy atom. The quantitative estimate of drug-likeness (QED) is 0.108. The molecule has 37 heavy (non-hydrogen) atoms. The summed E-state index contributed by atoms with van der Waals surface area (Å²) in [5.74, 6) is -2.32. The highest BCUT2D eigenvalue weighted by molar-refractivity contribution is 8.01. The number of aliphatic carboxylic acids is 1. The van der Waals surface area contributed by atoms with Crippen molar-refractivity contribution in [2.24, 2.45) is 0 Å². The van der Waals surface area contributed by atoms with Crippen molar-refractivity contribution in [3.63, 3.8) is 0 Å². The van der Waals surface area contributed by atoms with Gasteiger partial charge < -0.3 is 31.0 Å². The first-order valence-corrected chi connectivity index (χ1v) is 13.6. The Morgan fingerprint density at radius 3 is 2.81 bits per heavy atom. The van der Waals surface area contributed by atoms with Crippen LogP contribution in [0.25, 0.3) is 0 Å². The maximum absolute atomic E-state index is 13.4. The largest absolute Gasteiger partial charge is 0.594 e. The van der Waals surface area contributed by atoms with E-state index in [2.05, 4.69) is 21.0 Å². The Labute approximate surface area is 223 Å². The summed E-state index contributed by atoms with van der Waals surface area (Å²) >= 11 is 3.64. The highest BCUT2D eigenvalue weighted by Gasteiger charge is 2.67. The molecule has 4 rings (SSSR count). The Morgan fingerprint density at radius 1 is 1.41 bits per heavy atom. The van der Waals surface area contributed by atoms with Gasteiger partial charge >= 0.3 is 12.0 Å². The minimum absolute atomic E-state index is 0.186. The second kappa shape index (κ2) is 11.0. The summed E-state index contributed by atoms with van der Waals surface area (Å²) in [6, 6.07) is 4.83. The molecule has 1 fully saturated rings. The molecule has 0 bridgehead atoms. The van der Waals surface area contributed by atoms with Crippen molar-refractivity contribution in [3.8, 4) is 0 Å². The molecule has 2 aromatic rings. The summed E-state index contributed by atoms with van der Waals surface area (Å²) in [7, 11) is 2.65. The topological polar surface area (TPSA) is 177 Å². The average Bonchev–Trinajstić information content (AvgIpc) is 3.42. The minimum Gasteiger partial charge on any atom is -0.594 e. The molecule has 16 heteroatoms. The van der Waals surface area contributed by atoms with E-state index in [0.717, 1.165) is 4.90 Å². The van der Waals surface area contributed by atoms with Gasteiger partial charge in [0.15, 0.2) is 5.03 Å². The second-order valence-electron chi connectivity index (χ2n) is 7.73. The van der Waals surface area contributed by atoms with Crippen molar-refractivity contribution in [1.29, 1.82) is 0 Å². The molecule has 0 spiro atoms. The molecule has 0 aliphatic carbocycles. The average molecular weight is 567 g/mol. The van der Waals surface area contributed by atoms with Gasteiger partial charge in [-0.2, -0.15) is 0 Å². The summed E-state index contributed by atoms with van der Waals surface area (Å²) in [5.41, 5.74) is -1.56. The van der Waals surface area contributed by atoms with Gasteiger partial charge in [0.05, 0.1) is 0 Å². The van der Waals surface area contributed by atoms with Crippen LogP contribution in [0, 0.1) is 5.21 Å². The maximum Gasteiger partial charge on any atom is 0.352 e. The number of carboxylic acids is 1. The van der Waals surface area contributed by atoms with Crippen molar-refractivity contribution < 1.29 is 33.9 Å². The SMILES string of the molecule is CNC(=O)NC(C(=O)N[C@@]1(OC)C(=O)N2C(C(=O)O)=C(CSc3ccc[n+]([O-])n3)CSC21)c1cccs1. The Bertz CT molecular complexity index is 1260. The zero-order valence-electron chi connectivity index (χ0n) is 19.5. The number of fused-ring (bicyclic) bond motifs is 1. The van der Waals surface area contributed by atoms with Crippen LogP contribution in [0.1, 0.15) is 10.9 Å². The highest BCUT2D eigenvalue weighted by atomic mass is 32.2. The first-order chi connectivity index (χ1) is 17.7. The van der Waals surface area contributed by atoms with E-state index in [1.165, 1.54) is 61.3 Å². The number of β-lactam (4-membered cyclic amide) rings is 1. The monoisotopic (exact) mass is 566 g/mol. The molecular weight excluding hydrogens is 544 g/mol. The van der Waals surface area contributed by atoms with Crippen LogP contribution >= 0.6 is 34.9 Å². The van der Waals surface area contributed by atoms with Crippen molar-refractivity contribution >= 4 is 58.7 Å². The molecule has 3 atom stereocenters. The van der Waals surface area contributed by atoms with E-state index in [-0.39, 0.29) is 17.2 Å². The van der Waals surface area contributed by atoms with Gasteiger partial charge in [-0.3, -0.25) is 14.5 Å². The molecule has 0 saturated carbocycles. The molecule has 2 unspecified atom stereocenters. The summed E-state index contributed by atoms with van der Waals surface area (Å²) in [4.78, 5) is 52.8. The molecule has 1 saturated heterocycles. The number of rotatable bonds is 9. The zero-order valence-corrected chi connectivity index (χ0v) is 21.9. The lowest BCUT2D eigenvalue weighted by atomic mass is 9.97. The van der Waals surface area contributed by atoms with E-state index < -0.39 is 41.0 Å². The third-order valence-electron chi connectivity index (χ3n) is 5.58. The first kappa shape index (κ1) is 26.7. The number of carboxylic acid groups (broad SMARTS) is 1. The lowest BCUT2D eigenvalue weighted by Crippen LogP contribution is -2.81. The van der Waals surface area contributed by atoms with Crippen LogP contribution < -0.4 is 20.8 Å². The summed E-state index contributed by atoms with van der Waals surface area (Å²) in [5, 5.41) is 34.0. The maximum atomic E-state index is 13.4. The molecule has 13 nitrogen and oxygen atoms in total.